The Morgan fingerprint density at radius 1 is 1.05 bits per heavy atom. The first kappa shape index (κ1) is 14.6. The number of ether oxygens (including phenoxy) is 1. The molecule has 20 heavy (non-hydrogen) atoms. The molecule has 2 saturated carbocycles. The number of carbonyl (C=O) groups is 1. The van der Waals surface area contributed by atoms with Crippen LogP contribution in [0.1, 0.15) is 73.1 Å². The fourth-order valence-corrected chi connectivity index (χ4v) is 6.10. The van der Waals surface area contributed by atoms with Crippen molar-refractivity contribution in [2.75, 3.05) is 0 Å². The third kappa shape index (κ3) is 1.90. The van der Waals surface area contributed by atoms with E-state index in [9.17, 15) is 4.79 Å². The number of fused-ring (bicyclic) bond motifs is 3. The van der Waals surface area contributed by atoms with Crippen molar-refractivity contribution in [1.29, 1.82) is 0 Å². The molecule has 0 bridgehead atoms. The first-order chi connectivity index (χ1) is 9.19. The maximum absolute atomic E-state index is 11.8. The van der Waals surface area contributed by atoms with Crippen molar-refractivity contribution in [3.8, 4) is 0 Å². The summed E-state index contributed by atoms with van der Waals surface area (Å²) in [6.45, 7) is 11.4. The van der Waals surface area contributed by atoms with Gasteiger partial charge in [-0.15, -0.1) is 0 Å². The van der Waals surface area contributed by atoms with E-state index in [4.69, 9.17) is 4.74 Å². The molecule has 2 nitrogen and oxygen atoms in total. The van der Waals surface area contributed by atoms with Gasteiger partial charge < -0.3 is 4.74 Å². The maximum Gasteiger partial charge on any atom is 0.158 e. The van der Waals surface area contributed by atoms with Gasteiger partial charge in [0.05, 0.1) is 5.60 Å². The van der Waals surface area contributed by atoms with Crippen molar-refractivity contribution in [3.05, 3.63) is 0 Å². The van der Waals surface area contributed by atoms with Crippen molar-refractivity contribution in [3.63, 3.8) is 0 Å². The zero-order chi connectivity index (χ0) is 14.8. The molecule has 0 amide bonds. The smallest absolute Gasteiger partial charge is 0.158 e. The van der Waals surface area contributed by atoms with Crippen LogP contribution >= 0.6 is 0 Å². The van der Waals surface area contributed by atoms with Crippen LogP contribution < -0.4 is 0 Å². The minimum atomic E-state index is -0.148. The summed E-state index contributed by atoms with van der Waals surface area (Å²) < 4.78 is 6.25. The number of rotatable bonds is 1. The highest BCUT2D eigenvalue weighted by Crippen LogP contribution is 2.65. The molecule has 1 heterocycles. The summed E-state index contributed by atoms with van der Waals surface area (Å²) in [7, 11) is 0. The Hall–Kier alpha value is -0.370. The fraction of sp³-hybridized carbons (Fsp3) is 0.944. The summed E-state index contributed by atoms with van der Waals surface area (Å²) in [6.07, 6.45) is 7.20. The number of hydrogen-bond donors (Lipinski definition) is 0. The first-order valence-electron chi connectivity index (χ1n) is 8.37. The van der Waals surface area contributed by atoms with E-state index < -0.39 is 0 Å². The summed E-state index contributed by atoms with van der Waals surface area (Å²) in [5.41, 5.74) is 0.747. The Labute approximate surface area is 123 Å². The molecule has 0 spiro atoms. The van der Waals surface area contributed by atoms with Crippen LogP contribution in [0.5, 0.6) is 0 Å². The zero-order valence-electron chi connectivity index (χ0n) is 13.8. The molecule has 1 aliphatic heterocycles. The average molecular weight is 278 g/mol. The molecule has 3 aliphatic rings. The highest BCUT2D eigenvalue weighted by Gasteiger charge is 2.62. The third-order valence-electron chi connectivity index (χ3n) is 7.05. The van der Waals surface area contributed by atoms with E-state index in [0.717, 1.165) is 18.8 Å². The summed E-state index contributed by atoms with van der Waals surface area (Å²) in [5.74, 6) is 1.56. The monoisotopic (exact) mass is 278 g/mol. The van der Waals surface area contributed by atoms with Crippen LogP contribution in [0.25, 0.3) is 0 Å². The third-order valence-corrected chi connectivity index (χ3v) is 7.05. The lowest BCUT2D eigenvalue weighted by atomic mass is 9.45. The molecule has 3 fully saturated rings. The van der Waals surface area contributed by atoms with Crippen LogP contribution in [0.3, 0.4) is 0 Å². The Balaban J connectivity index is 1.95. The van der Waals surface area contributed by atoms with Gasteiger partial charge in [0, 0.05) is 0 Å². The van der Waals surface area contributed by atoms with E-state index in [-0.39, 0.29) is 17.5 Å². The van der Waals surface area contributed by atoms with Crippen LogP contribution in [-0.4, -0.2) is 17.5 Å². The van der Waals surface area contributed by atoms with Gasteiger partial charge in [-0.3, -0.25) is 4.79 Å². The van der Waals surface area contributed by atoms with Gasteiger partial charge >= 0.3 is 0 Å². The molecule has 1 saturated heterocycles. The number of hydrogen-bond acceptors (Lipinski definition) is 2. The molecule has 0 aromatic heterocycles. The van der Waals surface area contributed by atoms with Gasteiger partial charge in [0.1, 0.15) is 6.10 Å². The molecular formula is C18H30O2. The largest absolute Gasteiger partial charge is 0.364 e. The standard InChI is InChI=1S/C18H30O2/c1-12(19)13-11-15-17(4)9-6-8-16(2,3)14(17)7-10-18(15,5)20-13/h13-15H,6-11H2,1-5H3/t13-,14-,15+,17-,18+/m0/s1. The van der Waals surface area contributed by atoms with Crippen molar-refractivity contribution in [1.82, 2.24) is 0 Å². The van der Waals surface area contributed by atoms with Crippen molar-refractivity contribution < 1.29 is 9.53 Å². The Morgan fingerprint density at radius 2 is 1.75 bits per heavy atom. The van der Waals surface area contributed by atoms with E-state index in [2.05, 4.69) is 27.7 Å². The van der Waals surface area contributed by atoms with E-state index in [1.165, 1.54) is 25.7 Å². The first-order valence-corrected chi connectivity index (χ1v) is 8.37. The molecule has 0 aromatic carbocycles. The Bertz CT molecular complexity index is 427. The molecule has 3 rings (SSSR count). The minimum Gasteiger partial charge on any atom is -0.364 e. The molecule has 0 aromatic rings. The maximum atomic E-state index is 11.8. The van der Waals surface area contributed by atoms with Crippen LogP contribution in [0.4, 0.5) is 0 Å². The summed E-state index contributed by atoms with van der Waals surface area (Å²) >= 11 is 0. The number of carbonyl (C=O) groups excluding carboxylic acids is 1. The van der Waals surface area contributed by atoms with Gasteiger partial charge in [0.25, 0.3) is 0 Å². The lowest BCUT2D eigenvalue weighted by Crippen LogP contribution is -2.55. The molecule has 5 atom stereocenters. The summed E-state index contributed by atoms with van der Waals surface area (Å²) in [4.78, 5) is 11.8. The van der Waals surface area contributed by atoms with Gasteiger partial charge in [0.15, 0.2) is 5.78 Å². The van der Waals surface area contributed by atoms with Gasteiger partial charge in [0.2, 0.25) is 0 Å². The van der Waals surface area contributed by atoms with Crippen LogP contribution in [0.2, 0.25) is 0 Å². The lowest BCUT2D eigenvalue weighted by Gasteiger charge is -2.60. The summed E-state index contributed by atoms with van der Waals surface area (Å²) in [6, 6.07) is 0. The predicted octanol–water partition coefficient (Wildman–Crippen LogP) is 4.37. The van der Waals surface area contributed by atoms with Crippen molar-refractivity contribution in [2.24, 2.45) is 22.7 Å². The van der Waals surface area contributed by atoms with Crippen molar-refractivity contribution in [2.45, 2.75) is 84.8 Å². The van der Waals surface area contributed by atoms with E-state index >= 15 is 0 Å². The second-order valence-electron chi connectivity index (χ2n) is 8.76. The van der Waals surface area contributed by atoms with E-state index in [1.54, 1.807) is 6.92 Å². The SMILES string of the molecule is CC(=O)[C@@H]1C[C@@H]2[C@@]3(C)CCCC(C)(C)[C@@H]3CC[C@@]2(C)O1. The second-order valence-corrected chi connectivity index (χ2v) is 8.76. The average Bonchev–Trinajstić information content (AvgIpc) is 2.67. The highest BCUT2D eigenvalue weighted by molar-refractivity contribution is 5.80. The molecular weight excluding hydrogens is 248 g/mol. The normalized spacial score (nSPS) is 50.4. The van der Waals surface area contributed by atoms with Gasteiger partial charge in [-0.1, -0.05) is 27.2 Å². The Morgan fingerprint density at radius 3 is 2.40 bits per heavy atom. The topological polar surface area (TPSA) is 26.3 Å². The zero-order valence-corrected chi connectivity index (χ0v) is 13.8. The second kappa shape index (κ2) is 4.32. The molecule has 2 aliphatic carbocycles. The predicted molar refractivity (Wildman–Crippen MR) is 80.5 cm³/mol. The quantitative estimate of drug-likeness (QED) is 0.712. The molecule has 0 N–H and O–H groups in total. The van der Waals surface area contributed by atoms with Gasteiger partial charge in [-0.2, -0.15) is 0 Å². The summed E-state index contributed by atoms with van der Waals surface area (Å²) in [5, 5.41) is 0. The minimum absolute atomic E-state index is 0.0605. The molecule has 114 valence electrons. The van der Waals surface area contributed by atoms with E-state index in [0.29, 0.717) is 16.7 Å². The van der Waals surface area contributed by atoms with E-state index in [1.807, 2.05) is 0 Å². The lowest BCUT2D eigenvalue weighted by molar-refractivity contribution is -0.160. The molecule has 2 heteroatoms. The van der Waals surface area contributed by atoms with Gasteiger partial charge in [-0.25, -0.2) is 0 Å². The van der Waals surface area contributed by atoms with Crippen LogP contribution in [-0.2, 0) is 9.53 Å². The Kier molecular flexibility index (Phi) is 3.14. The van der Waals surface area contributed by atoms with Crippen LogP contribution in [0, 0.1) is 22.7 Å². The number of Topliss-reactive ketones (excluding diaryl/α,β-unsaturated/α-hetero) is 1. The van der Waals surface area contributed by atoms with Crippen molar-refractivity contribution >= 4 is 5.78 Å². The van der Waals surface area contributed by atoms with Gasteiger partial charge in [-0.05, 0) is 68.6 Å². The fourth-order valence-electron chi connectivity index (χ4n) is 6.10. The number of ketones is 1. The molecule has 0 unspecified atom stereocenters. The van der Waals surface area contributed by atoms with Crippen LogP contribution in [0.15, 0.2) is 0 Å². The highest BCUT2D eigenvalue weighted by atomic mass is 16.5. The molecule has 0 radical (unpaired) electrons.